The molecule has 11 nitrogen and oxygen atoms in total. The van der Waals surface area contributed by atoms with E-state index in [-0.39, 0.29) is 35.9 Å². The highest BCUT2D eigenvalue weighted by Crippen LogP contribution is 2.41. The number of ether oxygens (including phenoxy) is 4. The third kappa shape index (κ3) is 7.77. The number of benzene rings is 1. The third-order valence-corrected chi connectivity index (χ3v) is 10.7. The van der Waals surface area contributed by atoms with E-state index in [1.165, 1.54) is 0 Å². The number of nitrogens with zero attached hydrogens (tertiary/aromatic N) is 3. The molecule has 52 heavy (non-hydrogen) atoms. The number of aryl methyl sites for hydroxylation is 1. The SMILES string of the molecule is CCc1c2c(nc3ccc(OC(=O)N4CCC(CCC(COC(C)(C)C)COC(C)(C)C)CC4)cc13)-c1cc3c(c(=O)n1C2)COC(=O)C3(O)CC. The van der Waals surface area contributed by atoms with Crippen LogP contribution in [-0.2, 0) is 44.2 Å². The molecule has 0 saturated carbocycles. The summed E-state index contributed by atoms with van der Waals surface area (Å²) in [5.41, 5.74) is 1.88. The van der Waals surface area contributed by atoms with Gasteiger partial charge >= 0.3 is 12.1 Å². The maximum atomic E-state index is 13.7. The first-order chi connectivity index (χ1) is 24.5. The average molecular weight is 718 g/mol. The van der Waals surface area contributed by atoms with E-state index < -0.39 is 11.6 Å². The monoisotopic (exact) mass is 717 g/mol. The van der Waals surface area contributed by atoms with E-state index in [4.69, 9.17) is 23.9 Å². The number of esters is 1. The number of carbonyl (C=O) groups is 2. The van der Waals surface area contributed by atoms with Crippen LogP contribution in [0, 0.1) is 11.8 Å². The molecule has 282 valence electrons. The van der Waals surface area contributed by atoms with Gasteiger partial charge in [0.05, 0.1) is 53.4 Å². The van der Waals surface area contributed by atoms with Gasteiger partial charge in [-0.1, -0.05) is 13.8 Å². The number of aromatic nitrogens is 2. The van der Waals surface area contributed by atoms with Crippen molar-refractivity contribution in [1.29, 1.82) is 0 Å². The molecule has 1 amide bonds. The maximum Gasteiger partial charge on any atom is 0.415 e. The number of hydrogen-bond acceptors (Lipinski definition) is 9. The quantitative estimate of drug-likeness (QED) is 0.175. The molecule has 2 aromatic heterocycles. The second kappa shape index (κ2) is 14.6. The Morgan fingerprint density at radius 1 is 1.02 bits per heavy atom. The zero-order chi connectivity index (χ0) is 37.6. The lowest BCUT2D eigenvalue weighted by Crippen LogP contribution is -2.44. The summed E-state index contributed by atoms with van der Waals surface area (Å²) in [4.78, 5) is 46.3. The van der Waals surface area contributed by atoms with Crippen molar-refractivity contribution in [3.8, 4) is 17.1 Å². The summed E-state index contributed by atoms with van der Waals surface area (Å²) < 4.78 is 25.0. The lowest BCUT2D eigenvalue weighted by molar-refractivity contribution is -0.172. The zero-order valence-electron chi connectivity index (χ0n) is 32.1. The number of cyclic esters (lactones) is 1. The average Bonchev–Trinajstić information content (AvgIpc) is 3.46. The molecule has 0 aliphatic carbocycles. The summed E-state index contributed by atoms with van der Waals surface area (Å²) in [5, 5.41) is 12.1. The molecule has 3 aliphatic rings. The molecule has 3 aromatic rings. The molecule has 6 rings (SSSR count). The number of pyridine rings is 2. The molecule has 0 spiro atoms. The molecule has 1 N–H and O–H groups in total. The summed E-state index contributed by atoms with van der Waals surface area (Å²) >= 11 is 0. The Balaban J connectivity index is 1.13. The summed E-state index contributed by atoms with van der Waals surface area (Å²) in [6.45, 7) is 19.0. The summed E-state index contributed by atoms with van der Waals surface area (Å²) in [6, 6.07) is 7.19. The molecule has 1 atom stereocenters. The topological polar surface area (TPSA) is 129 Å². The van der Waals surface area contributed by atoms with Crippen molar-refractivity contribution in [2.45, 2.75) is 124 Å². The predicted molar refractivity (Wildman–Crippen MR) is 198 cm³/mol. The van der Waals surface area contributed by atoms with Crippen LogP contribution >= 0.6 is 0 Å². The van der Waals surface area contributed by atoms with E-state index in [1.54, 1.807) is 28.5 Å². The Morgan fingerprint density at radius 2 is 1.69 bits per heavy atom. The molecular formula is C41H55N3O8. The fourth-order valence-corrected chi connectivity index (χ4v) is 7.60. The number of likely N-dealkylation sites (tertiary alicyclic amines) is 1. The maximum absolute atomic E-state index is 13.7. The lowest BCUT2D eigenvalue weighted by atomic mass is 9.86. The van der Waals surface area contributed by atoms with Gasteiger partial charge in [-0.2, -0.15) is 0 Å². The van der Waals surface area contributed by atoms with Crippen LogP contribution in [0.5, 0.6) is 5.75 Å². The van der Waals surface area contributed by atoms with Gasteiger partial charge in [0.15, 0.2) is 5.60 Å². The van der Waals surface area contributed by atoms with Gasteiger partial charge in [-0.25, -0.2) is 14.6 Å². The largest absolute Gasteiger partial charge is 0.458 e. The molecule has 1 aromatic carbocycles. The third-order valence-electron chi connectivity index (χ3n) is 10.7. The van der Waals surface area contributed by atoms with E-state index in [1.807, 2.05) is 12.1 Å². The van der Waals surface area contributed by atoms with Crippen molar-refractivity contribution in [1.82, 2.24) is 14.5 Å². The molecular weight excluding hydrogens is 662 g/mol. The number of amides is 1. The Kier molecular flexibility index (Phi) is 10.6. The van der Waals surface area contributed by atoms with Crippen molar-refractivity contribution >= 4 is 23.0 Å². The molecule has 1 fully saturated rings. The molecule has 1 saturated heterocycles. The minimum absolute atomic E-state index is 0.0846. The van der Waals surface area contributed by atoms with Gasteiger partial charge in [0.2, 0.25) is 0 Å². The molecule has 1 unspecified atom stereocenters. The van der Waals surface area contributed by atoms with Crippen molar-refractivity contribution in [3.05, 3.63) is 56.9 Å². The second-order valence-corrected chi connectivity index (χ2v) is 16.6. The van der Waals surface area contributed by atoms with Crippen LogP contribution in [0.1, 0.15) is 110 Å². The number of hydrogen-bond donors (Lipinski definition) is 1. The number of aliphatic hydroxyl groups is 1. The Hall–Kier alpha value is -3.80. The van der Waals surface area contributed by atoms with Gasteiger partial charge in [-0.3, -0.25) is 4.79 Å². The van der Waals surface area contributed by atoms with Gasteiger partial charge < -0.3 is 33.5 Å². The van der Waals surface area contributed by atoms with Crippen LogP contribution in [0.3, 0.4) is 0 Å². The van der Waals surface area contributed by atoms with Gasteiger partial charge in [0.25, 0.3) is 5.56 Å². The molecule has 5 heterocycles. The molecule has 3 aliphatic heterocycles. The van der Waals surface area contributed by atoms with Gasteiger partial charge in [-0.15, -0.1) is 0 Å². The summed E-state index contributed by atoms with van der Waals surface area (Å²) in [7, 11) is 0. The molecule has 0 bridgehead atoms. The smallest absolute Gasteiger partial charge is 0.415 e. The Morgan fingerprint density at radius 3 is 2.31 bits per heavy atom. The minimum atomic E-state index is -1.88. The first kappa shape index (κ1) is 37.9. The highest BCUT2D eigenvalue weighted by molar-refractivity contribution is 5.90. The summed E-state index contributed by atoms with van der Waals surface area (Å²) in [6.07, 6.45) is 4.34. The van der Waals surface area contributed by atoms with E-state index in [2.05, 4.69) is 48.5 Å². The van der Waals surface area contributed by atoms with E-state index in [0.29, 0.717) is 84.9 Å². The standard InChI is InChI=1S/C41H55N3O8/c1-9-28-29-19-27(52-38(47)43-17-15-25(16-18-43)11-12-26(22-50-39(3,4)5)23-51-40(6,7)8)13-14-33(29)42-35-30(28)21-44-34(35)20-32-31(36(44)45)24-49-37(46)41(32,48)10-2/h13-14,19-20,25-26,48H,9-12,15-18,21-24H2,1-8H3. The van der Waals surface area contributed by atoms with Crippen molar-refractivity contribution in [2.24, 2.45) is 11.8 Å². The first-order valence-electron chi connectivity index (χ1n) is 18.9. The predicted octanol–water partition coefficient (Wildman–Crippen LogP) is 6.88. The van der Waals surface area contributed by atoms with E-state index in [0.717, 1.165) is 42.2 Å². The second-order valence-electron chi connectivity index (χ2n) is 16.6. The van der Waals surface area contributed by atoms with E-state index in [9.17, 15) is 19.5 Å². The first-order valence-corrected chi connectivity index (χ1v) is 18.9. The number of carbonyl (C=O) groups excluding carboxylic acids is 2. The van der Waals surface area contributed by atoms with Gasteiger partial charge in [0, 0.05) is 35.5 Å². The Labute approximate surface area is 306 Å². The Bertz CT molecular complexity index is 1880. The van der Waals surface area contributed by atoms with Crippen molar-refractivity contribution in [2.75, 3.05) is 26.3 Å². The van der Waals surface area contributed by atoms with Crippen molar-refractivity contribution in [3.63, 3.8) is 0 Å². The highest BCUT2D eigenvalue weighted by Gasteiger charge is 2.45. The van der Waals surface area contributed by atoms with Crippen molar-refractivity contribution < 1.29 is 33.6 Å². The number of piperidine rings is 1. The fraction of sp³-hybridized carbons (Fsp3) is 0.610. The van der Waals surface area contributed by atoms with E-state index >= 15 is 0 Å². The highest BCUT2D eigenvalue weighted by atomic mass is 16.6. The minimum Gasteiger partial charge on any atom is -0.458 e. The molecule has 0 radical (unpaired) electrons. The lowest BCUT2D eigenvalue weighted by Gasteiger charge is -2.32. The van der Waals surface area contributed by atoms with Crippen LogP contribution in [0.2, 0.25) is 0 Å². The fourth-order valence-electron chi connectivity index (χ4n) is 7.60. The summed E-state index contributed by atoms with van der Waals surface area (Å²) in [5.74, 6) is 0.552. The van der Waals surface area contributed by atoms with Crippen LogP contribution in [-0.4, -0.2) is 69.1 Å². The number of fused-ring (bicyclic) bond motifs is 5. The normalized spacial score (nSPS) is 19.1. The molecule has 11 heteroatoms. The van der Waals surface area contributed by atoms with Crippen LogP contribution in [0.4, 0.5) is 4.79 Å². The van der Waals surface area contributed by atoms with Gasteiger partial charge in [-0.05, 0) is 116 Å². The number of rotatable bonds is 10. The van der Waals surface area contributed by atoms with Crippen LogP contribution in [0.15, 0.2) is 29.1 Å². The van der Waals surface area contributed by atoms with Gasteiger partial charge in [0.1, 0.15) is 12.4 Å². The van der Waals surface area contributed by atoms with Crippen LogP contribution < -0.4 is 10.3 Å². The van der Waals surface area contributed by atoms with Crippen LogP contribution in [0.25, 0.3) is 22.3 Å². The zero-order valence-corrected chi connectivity index (χ0v) is 32.1.